The van der Waals surface area contributed by atoms with Crippen molar-refractivity contribution < 1.29 is 9.94 Å². The number of ether oxygens (including phenoxy) is 1. The molecule has 0 unspecified atom stereocenters. The van der Waals surface area contributed by atoms with Gasteiger partial charge in [0, 0.05) is 15.5 Å². The third-order valence-electron chi connectivity index (χ3n) is 2.85. The van der Waals surface area contributed by atoms with Gasteiger partial charge in [-0.05, 0) is 31.0 Å². The fraction of sp³-hybridized carbons (Fsp3) is 0.462. The zero-order chi connectivity index (χ0) is 14.5. The Morgan fingerprint density at radius 2 is 1.89 bits per heavy atom. The van der Waals surface area contributed by atoms with Crippen LogP contribution in [0.3, 0.4) is 0 Å². The van der Waals surface area contributed by atoms with Crippen LogP contribution in [0.2, 0.25) is 10.0 Å². The summed E-state index contributed by atoms with van der Waals surface area (Å²) in [6.45, 7) is 4.34. The topological polar surface area (TPSA) is 67.8 Å². The second-order valence-electron chi connectivity index (χ2n) is 4.93. The Bertz CT molecular complexity index is 442. The SMILES string of the molecule is CC(C)(CCCOc1cc(Cl)cc(Cl)c1)C(N)=NO. The van der Waals surface area contributed by atoms with E-state index in [0.717, 1.165) is 12.8 Å². The Kier molecular flexibility index (Phi) is 5.76. The smallest absolute Gasteiger partial charge is 0.144 e. The summed E-state index contributed by atoms with van der Waals surface area (Å²) in [6.07, 6.45) is 1.52. The first-order valence-electron chi connectivity index (χ1n) is 5.92. The maximum atomic E-state index is 8.67. The molecule has 0 spiro atoms. The monoisotopic (exact) mass is 304 g/mol. The lowest BCUT2D eigenvalue weighted by Crippen LogP contribution is -2.32. The first-order valence-corrected chi connectivity index (χ1v) is 6.67. The van der Waals surface area contributed by atoms with Gasteiger partial charge >= 0.3 is 0 Å². The molecule has 0 bridgehead atoms. The first-order chi connectivity index (χ1) is 8.85. The Balaban J connectivity index is 2.43. The molecule has 0 atom stereocenters. The zero-order valence-corrected chi connectivity index (χ0v) is 12.5. The third kappa shape index (κ3) is 5.17. The van der Waals surface area contributed by atoms with Crippen LogP contribution in [0, 0.1) is 5.41 Å². The van der Waals surface area contributed by atoms with E-state index < -0.39 is 0 Å². The van der Waals surface area contributed by atoms with Gasteiger partial charge in [0.15, 0.2) is 0 Å². The minimum atomic E-state index is -0.357. The molecule has 1 aromatic carbocycles. The summed E-state index contributed by atoms with van der Waals surface area (Å²) in [4.78, 5) is 0. The van der Waals surface area contributed by atoms with Crippen LogP contribution in [-0.4, -0.2) is 17.6 Å². The van der Waals surface area contributed by atoms with Crippen molar-refractivity contribution in [1.82, 2.24) is 0 Å². The highest BCUT2D eigenvalue weighted by molar-refractivity contribution is 6.34. The van der Waals surface area contributed by atoms with E-state index in [-0.39, 0.29) is 11.3 Å². The fourth-order valence-electron chi connectivity index (χ4n) is 1.58. The standard InChI is InChI=1S/C13H18Cl2N2O2/c1-13(2,12(16)17-18)4-3-5-19-11-7-9(14)6-10(15)8-11/h6-8,18H,3-5H2,1-2H3,(H2,16,17). The summed E-state index contributed by atoms with van der Waals surface area (Å²) < 4.78 is 5.56. The largest absolute Gasteiger partial charge is 0.493 e. The summed E-state index contributed by atoms with van der Waals surface area (Å²) in [6, 6.07) is 5.07. The van der Waals surface area contributed by atoms with Gasteiger partial charge < -0.3 is 15.7 Å². The molecule has 0 aromatic heterocycles. The predicted octanol–water partition coefficient (Wildman–Crippen LogP) is 3.93. The van der Waals surface area contributed by atoms with Gasteiger partial charge in [-0.15, -0.1) is 0 Å². The number of hydrogen-bond donors (Lipinski definition) is 2. The Morgan fingerprint density at radius 1 is 1.32 bits per heavy atom. The molecule has 0 fully saturated rings. The minimum Gasteiger partial charge on any atom is -0.493 e. The van der Waals surface area contributed by atoms with Gasteiger partial charge in [0.2, 0.25) is 0 Å². The molecule has 0 saturated carbocycles. The molecule has 1 aromatic rings. The third-order valence-corrected chi connectivity index (χ3v) is 3.29. The Labute approximate surface area is 123 Å². The minimum absolute atomic E-state index is 0.221. The molecule has 4 nitrogen and oxygen atoms in total. The van der Waals surface area contributed by atoms with E-state index in [9.17, 15) is 0 Å². The molecule has 0 heterocycles. The van der Waals surface area contributed by atoms with Crippen LogP contribution < -0.4 is 10.5 Å². The van der Waals surface area contributed by atoms with Crippen molar-refractivity contribution in [3.63, 3.8) is 0 Å². The number of rotatable bonds is 6. The second kappa shape index (κ2) is 6.87. The highest BCUT2D eigenvalue weighted by Crippen LogP contribution is 2.25. The van der Waals surface area contributed by atoms with Crippen LogP contribution in [0.5, 0.6) is 5.75 Å². The second-order valence-corrected chi connectivity index (χ2v) is 5.80. The highest BCUT2D eigenvalue weighted by atomic mass is 35.5. The summed E-state index contributed by atoms with van der Waals surface area (Å²) >= 11 is 11.7. The van der Waals surface area contributed by atoms with E-state index in [1.165, 1.54) is 0 Å². The van der Waals surface area contributed by atoms with Crippen LogP contribution in [0.1, 0.15) is 26.7 Å². The van der Waals surface area contributed by atoms with Crippen molar-refractivity contribution in [3.05, 3.63) is 28.2 Å². The van der Waals surface area contributed by atoms with Crippen molar-refractivity contribution in [2.24, 2.45) is 16.3 Å². The molecular weight excluding hydrogens is 287 g/mol. The normalized spacial score (nSPS) is 12.5. The van der Waals surface area contributed by atoms with Crippen molar-refractivity contribution in [2.45, 2.75) is 26.7 Å². The lowest BCUT2D eigenvalue weighted by molar-refractivity contribution is 0.277. The van der Waals surface area contributed by atoms with Crippen molar-refractivity contribution in [2.75, 3.05) is 6.61 Å². The lowest BCUT2D eigenvalue weighted by Gasteiger charge is -2.22. The van der Waals surface area contributed by atoms with Gasteiger partial charge in [-0.3, -0.25) is 0 Å². The molecule has 0 radical (unpaired) electrons. The molecule has 0 aliphatic rings. The van der Waals surface area contributed by atoms with E-state index in [0.29, 0.717) is 22.4 Å². The maximum absolute atomic E-state index is 8.67. The molecule has 3 N–H and O–H groups in total. The van der Waals surface area contributed by atoms with Crippen LogP contribution >= 0.6 is 23.2 Å². The molecule has 0 aliphatic heterocycles. The molecule has 1 rings (SSSR count). The van der Waals surface area contributed by atoms with Crippen LogP contribution in [-0.2, 0) is 0 Å². The van der Waals surface area contributed by atoms with E-state index in [1.54, 1.807) is 18.2 Å². The lowest BCUT2D eigenvalue weighted by atomic mass is 9.87. The van der Waals surface area contributed by atoms with E-state index in [1.807, 2.05) is 13.8 Å². The van der Waals surface area contributed by atoms with Crippen molar-refractivity contribution in [1.29, 1.82) is 0 Å². The predicted molar refractivity (Wildman–Crippen MR) is 78.4 cm³/mol. The van der Waals surface area contributed by atoms with Gasteiger partial charge in [0.1, 0.15) is 11.6 Å². The highest BCUT2D eigenvalue weighted by Gasteiger charge is 2.22. The van der Waals surface area contributed by atoms with Gasteiger partial charge in [-0.1, -0.05) is 42.2 Å². The molecular formula is C13H18Cl2N2O2. The van der Waals surface area contributed by atoms with Gasteiger partial charge in [0.25, 0.3) is 0 Å². The summed E-state index contributed by atoms with van der Waals surface area (Å²) in [5, 5.41) is 12.8. The van der Waals surface area contributed by atoms with Crippen molar-refractivity contribution >= 4 is 29.0 Å². The summed E-state index contributed by atoms with van der Waals surface area (Å²) in [5.74, 6) is 0.859. The average molecular weight is 305 g/mol. The van der Waals surface area contributed by atoms with Crippen LogP contribution in [0.25, 0.3) is 0 Å². The summed E-state index contributed by atoms with van der Waals surface area (Å²) in [7, 11) is 0. The summed E-state index contributed by atoms with van der Waals surface area (Å²) in [5.41, 5.74) is 5.25. The van der Waals surface area contributed by atoms with Crippen molar-refractivity contribution in [3.8, 4) is 5.75 Å². The van der Waals surface area contributed by atoms with E-state index in [4.69, 9.17) is 38.9 Å². The number of nitrogens with zero attached hydrogens (tertiary/aromatic N) is 1. The molecule has 19 heavy (non-hydrogen) atoms. The fourth-order valence-corrected chi connectivity index (χ4v) is 2.09. The van der Waals surface area contributed by atoms with Gasteiger partial charge in [0.05, 0.1) is 6.61 Å². The molecule has 0 saturated heterocycles. The van der Waals surface area contributed by atoms with E-state index >= 15 is 0 Å². The number of halogens is 2. The Hall–Kier alpha value is -1.13. The quantitative estimate of drug-likeness (QED) is 0.275. The number of benzene rings is 1. The van der Waals surface area contributed by atoms with Gasteiger partial charge in [-0.25, -0.2) is 0 Å². The number of oxime groups is 1. The number of nitrogens with two attached hydrogens (primary N) is 1. The van der Waals surface area contributed by atoms with Gasteiger partial charge in [-0.2, -0.15) is 0 Å². The molecule has 6 heteroatoms. The van der Waals surface area contributed by atoms with Crippen LogP contribution in [0.4, 0.5) is 0 Å². The molecule has 0 aliphatic carbocycles. The van der Waals surface area contributed by atoms with Crippen LogP contribution in [0.15, 0.2) is 23.4 Å². The molecule has 0 amide bonds. The first kappa shape index (κ1) is 15.9. The number of amidine groups is 1. The zero-order valence-electron chi connectivity index (χ0n) is 11.0. The number of hydrogen-bond acceptors (Lipinski definition) is 3. The Morgan fingerprint density at radius 3 is 2.42 bits per heavy atom. The molecule has 106 valence electrons. The average Bonchev–Trinajstić information content (AvgIpc) is 2.32. The van der Waals surface area contributed by atoms with E-state index in [2.05, 4.69) is 5.16 Å². The maximum Gasteiger partial charge on any atom is 0.144 e.